The lowest BCUT2D eigenvalue weighted by Gasteiger charge is -2.04. The summed E-state index contributed by atoms with van der Waals surface area (Å²) in [4.78, 5) is 5.60. The first kappa shape index (κ1) is 15.4. The number of phenols is 1. The minimum absolute atomic E-state index is 0.134. The number of aliphatic imine (C=N–C) groups is 1. The molecule has 0 radical (unpaired) electrons. The molecule has 0 aliphatic heterocycles. The van der Waals surface area contributed by atoms with Crippen LogP contribution in [-0.2, 0) is 0 Å². The van der Waals surface area contributed by atoms with Gasteiger partial charge in [-0.1, -0.05) is 23.8 Å². The maximum Gasteiger partial charge on any atom is 0.166 e. The molecule has 0 amide bonds. The fraction of sp³-hybridized carbons (Fsp3) is 0.235. The molecule has 0 atom stereocenters. The van der Waals surface area contributed by atoms with E-state index in [-0.39, 0.29) is 5.75 Å². The van der Waals surface area contributed by atoms with Crippen LogP contribution in [-0.4, -0.2) is 30.7 Å². The number of thioether (sulfide) groups is 1. The maximum absolute atomic E-state index is 9.93. The Morgan fingerprint density at radius 2 is 1.95 bits per heavy atom. The average molecular weight is 301 g/mol. The third-order valence-corrected chi connectivity index (χ3v) is 3.98. The molecule has 0 bridgehead atoms. The number of methoxy groups -OCH3 is 1. The lowest BCUT2D eigenvalue weighted by atomic mass is 10.2. The number of para-hydroxylation sites is 1. The Balaban J connectivity index is 1.84. The van der Waals surface area contributed by atoms with Crippen molar-refractivity contribution in [2.24, 2.45) is 4.99 Å². The third kappa shape index (κ3) is 4.53. The van der Waals surface area contributed by atoms with Crippen molar-refractivity contribution < 1.29 is 9.84 Å². The molecule has 4 heteroatoms. The van der Waals surface area contributed by atoms with Crippen LogP contribution >= 0.6 is 11.8 Å². The number of rotatable bonds is 6. The Hall–Kier alpha value is -1.94. The van der Waals surface area contributed by atoms with Gasteiger partial charge in [-0.25, -0.2) is 0 Å². The van der Waals surface area contributed by atoms with Crippen LogP contribution in [0.2, 0.25) is 0 Å². The molecule has 0 fully saturated rings. The average Bonchev–Trinajstić information content (AvgIpc) is 2.50. The van der Waals surface area contributed by atoms with Gasteiger partial charge in [0, 0.05) is 29.0 Å². The summed E-state index contributed by atoms with van der Waals surface area (Å²) >= 11 is 1.78. The fourth-order valence-electron chi connectivity index (χ4n) is 1.82. The molecule has 0 aliphatic rings. The van der Waals surface area contributed by atoms with Crippen LogP contribution in [0.3, 0.4) is 0 Å². The van der Waals surface area contributed by atoms with E-state index in [2.05, 4.69) is 36.2 Å². The van der Waals surface area contributed by atoms with E-state index < -0.39 is 0 Å². The zero-order valence-electron chi connectivity index (χ0n) is 12.2. The summed E-state index contributed by atoms with van der Waals surface area (Å²) in [5.41, 5.74) is 1.94. The molecule has 0 aliphatic carbocycles. The summed E-state index contributed by atoms with van der Waals surface area (Å²) in [6.07, 6.45) is 1.69. The molecule has 0 unspecified atom stereocenters. The van der Waals surface area contributed by atoms with Crippen molar-refractivity contribution in [3.05, 3.63) is 53.6 Å². The number of nitrogens with zero attached hydrogens (tertiary/aromatic N) is 1. The lowest BCUT2D eigenvalue weighted by Crippen LogP contribution is -1.91. The molecule has 2 aromatic rings. The number of hydrogen-bond acceptors (Lipinski definition) is 4. The normalized spacial score (nSPS) is 11.0. The lowest BCUT2D eigenvalue weighted by molar-refractivity contribution is 0.373. The van der Waals surface area contributed by atoms with Gasteiger partial charge in [-0.2, -0.15) is 0 Å². The molecule has 0 saturated heterocycles. The van der Waals surface area contributed by atoms with Gasteiger partial charge in [0.05, 0.1) is 7.11 Å². The van der Waals surface area contributed by atoms with Crippen molar-refractivity contribution in [2.45, 2.75) is 11.8 Å². The molecule has 0 aromatic heterocycles. The molecule has 0 spiro atoms. The second-order valence-corrected chi connectivity index (χ2v) is 5.76. The first-order valence-corrected chi connectivity index (χ1v) is 7.74. The predicted octanol–water partition coefficient (Wildman–Crippen LogP) is 3.92. The number of aromatic hydroxyl groups is 1. The molecule has 1 N–H and O–H groups in total. The molecule has 3 nitrogen and oxygen atoms in total. The summed E-state index contributed by atoms with van der Waals surface area (Å²) < 4.78 is 5.06. The Morgan fingerprint density at radius 3 is 2.67 bits per heavy atom. The van der Waals surface area contributed by atoms with Gasteiger partial charge in [-0.3, -0.25) is 4.99 Å². The summed E-state index contributed by atoms with van der Waals surface area (Å²) in [6, 6.07) is 13.8. The largest absolute Gasteiger partial charge is 0.504 e. The van der Waals surface area contributed by atoms with Crippen LogP contribution < -0.4 is 4.74 Å². The molecule has 0 heterocycles. The molecular weight excluding hydrogens is 282 g/mol. The fourth-order valence-corrected chi connectivity index (χ4v) is 2.58. The second-order valence-electron chi connectivity index (χ2n) is 4.59. The second kappa shape index (κ2) is 7.74. The van der Waals surface area contributed by atoms with Crippen molar-refractivity contribution in [1.29, 1.82) is 0 Å². The number of phenolic OH excluding ortho intramolecular Hbond substituents is 1. The minimum atomic E-state index is 0.134. The van der Waals surface area contributed by atoms with E-state index in [0.29, 0.717) is 17.9 Å². The standard InChI is InChI=1S/C17H19NO2S/c1-13-6-8-15(9-7-13)21-11-10-18-12-14-4-3-5-16(20-2)17(14)19/h3-9,12,19H,10-11H2,1-2H3. The van der Waals surface area contributed by atoms with Crippen molar-refractivity contribution in [3.63, 3.8) is 0 Å². The van der Waals surface area contributed by atoms with Gasteiger partial charge >= 0.3 is 0 Å². The van der Waals surface area contributed by atoms with Crippen LogP contribution in [0, 0.1) is 6.92 Å². The zero-order chi connectivity index (χ0) is 15.1. The van der Waals surface area contributed by atoms with E-state index in [1.807, 2.05) is 12.1 Å². The Bertz CT molecular complexity index is 609. The highest BCUT2D eigenvalue weighted by Gasteiger charge is 2.04. The summed E-state index contributed by atoms with van der Waals surface area (Å²) in [6.45, 7) is 2.79. The van der Waals surface area contributed by atoms with E-state index in [0.717, 1.165) is 5.75 Å². The zero-order valence-corrected chi connectivity index (χ0v) is 13.1. The van der Waals surface area contributed by atoms with Gasteiger partial charge < -0.3 is 9.84 Å². The molecular formula is C17H19NO2S. The van der Waals surface area contributed by atoms with Crippen LogP contribution in [0.15, 0.2) is 52.4 Å². The Morgan fingerprint density at radius 1 is 1.19 bits per heavy atom. The SMILES string of the molecule is COc1cccc(C=NCCSc2ccc(C)cc2)c1O. The van der Waals surface area contributed by atoms with Gasteiger partial charge in [-0.15, -0.1) is 11.8 Å². The van der Waals surface area contributed by atoms with E-state index >= 15 is 0 Å². The molecule has 0 saturated carbocycles. The minimum Gasteiger partial charge on any atom is -0.504 e. The summed E-state index contributed by atoms with van der Waals surface area (Å²) in [5, 5.41) is 9.93. The summed E-state index contributed by atoms with van der Waals surface area (Å²) in [5.74, 6) is 1.51. The van der Waals surface area contributed by atoms with Crippen molar-refractivity contribution in [1.82, 2.24) is 0 Å². The highest BCUT2D eigenvalue weighted by atomic mass is 32.2. The van der Waals surface area contributed by atoms with Crippen LogP contribution in [0.4, 0.5) is 0 Å². The highest BCUT2D eigenvalue weighted by Crippen LogP contribution is 2.28. The first-order valence-electron chi connectivity index (χ1n) is 6.76. The van der Waals surface area contributed by atoms with Crippen molar-refractivity contribution in [2.75, 3.05) is 19.4 Å². The van der Waals surface area contributed by atoms with Crippen LogP contribution in [0.1, 0.15) is 11.1 Å². The van der Waals surface area contributed by atoms with Gasteiger partial charge in [0.15, 0.2) is 11.5 Å². The van der Waals surface area contributed by atoms with E-state index in [1.54, 1.807) is 24.0 Å². The molecule has 110 valence electrons. The number of hydrogen-bond donors (Lipinski definition) is 1. The number of ether oxygens (including phenoxy) is 1. The van der Waals surface area contributed by atoms with Gasteiger partial charge in [0.1, 0.15) is 0 Å². The van der Waals surface area contributed by atoms with E-state index in [4.69, 9.17) is 4.74 Å². The Kier molecular flexibility index (Phi) is 5.69. The monoisotopic (exact) mass is 301 g/mol. The predicted molar refractivity (Wildman–Crippen MR) is 89.0 cm³/mol. The van der Waals surface area contributed by atoms with E-state index in [1.165, 1.54) is 17.6 Å². The number of benzene rings is 2. The van der Waals surface area contributed by atoms with Gasteiger partial charge in [0.25, 0.3) is 0 Å². The van der Waals surface area contributed by atoms with Gasteiger partial charge in [0.2, 0.25) is 0 Å². The maximum atomic E-state index is 9.93. The first-order chi connectivity index (χ1) is 10.2. The highest BCUT2D eigenvalue weighted by molar-refractivity contribution is 7.99. The Labute approximate surface area is 129 Å². The van der Waals surface area contributed by atoms with Crippen LogP contribution in [0.25, 0.3) is 0 Å². The van der Waals surface area contributed by atoms with Crippen LogP contribution in [0.5, 0.6) is 11.5 Å². The molecule has 2 rings (SSSR count). The van der Waals surface area contributed by atoms with E-state index in [9.17, 15) is 5.11 Å². The molecule has 21 heavy (non-hydrogen) atoms. The van der Waals surface area contributed by atoms with Crippen molar-refractivity contribution in [3.8, 4) is 11.5 Å². The molecule has 2 aromatic carbocycles. The third-order valence-electron chi connectivity index (χ3n) is 2.99. The van der Waals surface area contributed by atoms with Gasteiger partial charge in [-0.05, 0) is 31.2 Å². The quantitative estimate of drug-likeness (QED) is 0.499. The summed E-state index contributed by atoms with van der Waals surface area (Å²) in [7, 11) is 1.54. The van der Waals surface area contributed by atoms with Crippen molar-refractivity contribution >= 4 is 18.0 Å². The number of aryl methyl sites for hydroxylation is 1. The topological polar surface area (TPSA) is 41.8 Å². The smallest absolute Gasteiger partial charge is 0.166 e.